The molecule has 2 nitrogen and oxygen atoms in total. The van der Waals surface area contributed by atoms with E-state index >= 15 is 0 Å². The fraction of sp³-hybridized carbons (Fsp3) is 0.333. The first-order valence-electron chi connectivity index (χ1n) is 10.5. The molecule has 1 N–H and O–H groups in total. The van der Waals surface area contributed by atoms with E-state index in [1.165, 1.54) is 11.1 Å². The van der Waals surface area contributed by atoms with Crippen LogP contribution in [0.15, 0.2) is 60.7 Å². The summed E-state index contributed by atoms with van der Waals surface area (Å²) in [6.07, 6.45) is 2.30. The van der Waals surface area contributed by atoms with E-state index in [0.29, 0.717) is 6.61 Å². The first kappa shape index (κ1) is 20.8. The van der Waals surface area contributed by atoms with E-state index in [-0.39, 0.29) is 16.6 Å². The summed E-state index contributed by atoms with van der Waals surface area (Å²) in [6, 6.07) is 19.7. The molecule has 1 aliphatic carbocycles. The van der Waals surface area contributed by atoms with Crippen LogP contribution in [0.3, 0.4) is 0 Å². The Morgan fingerprint density at radius 3 is 2.13 bits per heavy atom. The van der Waals surface area contributed by atoms with Gasteiger partial charge < -0.3 is 9.84 Å². The van der Waals surface area contributed by atoms with Crippen molar-refractivity contribution in [3.63, 3.8) is 0 Å². The van der Waals surface area contributed by atoms with E-state index < -0.39 is 0 Å². The van der Waals surface area contributed by atoms with Crippen molar-refractivity contribution in [3.05, 3.63) is 82.4 Å². The molecule has 0 amide bonds. The van der Waals surface area contributed by atoms with E-state index in [1.54, 1.807) is 12.1 Å². The first-order chi connectivity index (χ1) is 14.2. The Bertz CT molecular complexity index is 1060. The molecule has 3 aromatic carbocycles. The normalized spacial score (nSPS) is 16.7. The van der Waals surface area contributed by atoms with Crippen LogP contribution in [0.5, 0.6) is 11.5 Å². The molecule has 0 aromatic heterocycles. The number of halogens is 1. The van der Waals surface area contributed by atoms with Crippen molar-refractivity contribution in [2.75, 3.05) is 0 Å². The molecular formula is C27H29ClO2. The van der Waals surface area contributed by atoms with Gasteiger partial charge in [-0.3, -0.25) is 0 Å². The van der Waals surface area contributed by atoms with E-state index in [1.807, 2.05) is 36.4 Å². The summed E-state index contributed by atoms with van der Waals surface area (Å²) >= 11 is 6.02. The van der Waals surface area contributed by atoms with Gasteiger partial charge in [0.25, 0.3) is 0 Å². The van der Waals surface area contributed by atoms with E-state index in [0.717, 1.165) is 40.3 Å². The van der Waals surface area contributed by atoms with Crippen molar-refractivity contribution in [1.82, 2.24) is 0 Å². The zero-order chi connectivity index (χ0) is 21.5. The molecule has 0 fully saturated rings. The molecule has 0 saturated heterocycles. The van der Waals surface area contributed by atoms with Crippen LogP contribution < -0.4 is 4.74 Å². The highest BCUT2D eigenvalue weighted by atomic mass is 35.5. The van der Waals surface area contributed by atoms with Crippen LogP contribution in [0.4, 0.5) is 0 Å². The third-order valence-electron chi connectivity index (χ3n) is 6.42. The second kappa shape index (κ2) is 7.67. The maximum atomic E-state index is 10.1. The Balaban J connectivity index is 1.83. The summed E-state index contributed by atoms with van der Waals surface area (Å²) < 4.78 is 6.36. The number of aromatic hydroxyl groups is 1. The minimum absolute atomic E-state index is 0.0978. The molecule has 0 aliphatic heterocycles. The molecular weight excluding hydrogens is 392 g/mol. The number of benzene rings is 3. The van der Waals surface area contributed by atoms with Crippen LogP contribution in [-0.2, 0) is 17.4 Å². The topological polar surface area (TPSA) is 29.5 Å². The third kappa shape index (κ3) is 4.06. The SMILES string of the molecule is CC1(C)CCC(C)(C)c2cc(-c3cccc(O)c3)c(OCc3ccc(Cl)cc3)cc21. The third-order valence-corrected chi connectivity index (χ3v) is 6.67. The van der Waals surface area contributed by atoms with Crippen LogP contribution in [0.25, 0.3) is 11.1 Å². The molecule has 0 atom stereocenters. The van der Waals surface area contributed by atoms with Crippen LogP contribution in [0, 0.1) is 0 Å². The van der Waals surface area contributed by atoms with Gasteiger partial charge in [0.15, 0.2) is 0 Å². The van der Waals surface area contributed by atoms with Gasteiger partial charge in [0, 0.05) is 10.6 Å². The van der Waals surface area contributed by atoms with Gasteiger partial charge in [-0.25, -0.2) is 0 Å². The molecule has 0 spiro atoms. The first-order valence-corrected chi connectivity index (χ1v) is 10.9. The highest BCUT2D eigenvalue weighted by molar-refractivity contribution is 6.30. The number of phenols is 1. The lowest BCUT2D eigenvalue weighted by atomic mass is 9.62. The minimum atomic E-state index is 0.0978. The standard InChI is InChI=1S/C27H29ClO2/c1-26(2)12-13-27(3,4)24-16-25(30-17-18-8-10-20(28)11-9-18)22(15-23(24)26)19-6-5-7-21(29)14-19/h5-11,14-16,29H,12-13,17H2,1-4H3. The molecule has 0 heterocycles. The Morgan fingerprint density at radius 2 is 1.50 bits per heavy atom. The van der Waals surface area contributed by atoms with Crippen molar-refractivity contribution in [2.24, 2.45) is 0 Å². The monoisotopic (exact) mass is 420 g/mol. The molecule has 0 bridgehead atoms. The molecule has 0 radical (unpaired) electrons. The molecule has 3 aromatic rings. The van der Waals surface area contributed by atoms with Crippen molar-refractivity contribution in [3.8, 4) is 22.6 Å². The Morgan fingerprint density at radius 1 is 0.867 bits per heavy atom. The molecule has 30 heavy (non-hydrogen) atoms. The lowest BCUT2D eigenvalue weighted by Crippen LogP contribution is -2.33. The van der Waals surface area contributed by atoms with Gasteiger partial charge >= 0.3 is 0 Å². The fourth-order valence-corrected chi connectivity index (χ4v) is 4.48. The fourth-order valence-electron chi connectivity index (χ4n) is 4.35. The zero-order valence-electron chi connectivity index (χ0n) is 18.1. The van der Waals surface area contributed by atoms with E-state index in [9.17, 15) is 5.11 Å². The van der Waals surface area contributed by atoms with Crippen LogP contribution in [0.2, 0.25) is 5.02 Å². The molecule has 3 heteroatoms. The molecule has 0 saturated carbocycles. The van der Waals surface area contributed by atoms with Crippen molar-refractivity contribution < 1.29 is 9.84 Å². The summed E-state index contributed by atoms with van der Waals surface area (Å²) in [6.45, 7) is 9.74. The van der Waals surface area contributed by atoms with E-state index in [4.69, 9.17) is 16.3 Å². The number of ether oxygens (including phenoxy) is 1. The largest absolute Gasteiger partial charge is 0.508 e. The molecule has 0 unspecified atom stereocenters. The van der Waals surface area contributed by atoms with Gasteiger partial charge in [0.1, 0.15) is 18.1 Å². The summed E-state index contributed by atoms with van der Waals surface area (Å²) in [5.41, 5.74) is 5.97. The van der Waals surface area contributed by atoms with Gasteiger partial charge in [-0.1, -0.05) is 63.6 Å². The number of phenolic OH excluding ortho intramolecular Hbond substituents is 1. The smallest absolute Gasteiger partial charge is 0.127 e. The Hall–Kier alpha value is -2.45. The second-order valence-electron chi connectivity index (χ2n) is 9.63. The van der Waals surface area contributed by atoms with Gasteiger partial charge in [-0.2, -0.15) is 0 Å². The van der Waals surface area contributed by atoms with Crippen LogP contribution in [-0.4, -0.2) is 5.11 Å². The molecule has 1 aliphatic rings. The zero-order valence-corrected chi connectivity index (χ0v) is 18.9. The lowest BCUT2D eigenvalue weighted by Gasteiger charge is -2.42. The minimum Gasteiger partial charge on any atom is -0.508 e. The van der Waals surface area contributed by atoms with Gasteiger partial charge in [-0.05, 0) is 82.3 Å². The maximum Gasteiger partial charge on any atom is 0.127 e. The summed E-state index contributed by atoms with van der Waals surface area (Å²) in [5.74, 6) is 1.11. The second-order valence-corrected chi connectivity index (χ2v) is 10.1. The molecule has 156 valence electrons. The van der Waals surface area contributed by atoms with Crippen molar-refractivity contribution >= 4 is 11.6 Å². The number of hydrogen-bond acceptors (Lipinski definition) is 2. The van der Waals surface area contributed by atoms with Gasteiger partial charge in [0.2, 0.25) is 0 Å². The maximum absolute atomic E-state index is 10.1. The molecule has 4 rings (SSSR count). The van der Waals surface area contributed by atoms with Crippen LogP contribution in [0.1, 0.15) is 57.2 Å². The average Bonchev–Trinajstić information content (AvgIpc) is 2.70. The quantitative estimate of drug-likeness (QED) is 0.469. The lowest BCUT2D eigenvalue weighted by molar-refractivity contribution is 0.300. The highest BCUT2D eigenvalue weighted by Gasteiger charge is 2.38. The van der Waals surface area contributed by atoms with Crippen molar-refractivity contribution in [1.29, 1.82) is 0 Å². The average molecular weight is 421 g/mol. The number of hydrogen-bond donors (Lipinski definition) is 1. The van der Waals surface area contributed by atoms with Gasteiger partial charge in [0.05, 0.1) is 0 Å². The predicted molar refractivity (Wildman–Crippen MR) is 125 cm³/mol. The Labute approximate surface area is 184 Å². The van der Waals surface area contributed by atoms with E-state index in [2.05, 4.69) is 39.8 Å². The predicted octanol–water partition coefficient (Wildman–Crippen LogP) is 7.64. The Kier molecular flexibility index (Phi) is 5.32. The van der Waals surface area contributed by atoms with Gasteiger partial charge in [-0.15, -0.1) is 0 Å². The summed E-state index contributed by atoms with van der Waals surface area (Å²) in [4.78, 5) is 0. The number of fused-ring (bicyclic) bond motifs is 1. The van der Waals surface area contributed by atoms with Crippen molar-refractivity contribution in [2.45, 2.75) is 58.0 Å². The van der Waals surface area contributed by atoms with Crippen LogP contribution >= 0.6 is 11.6 Å². The number of rotatable bonds is 4. The summed E-state index contributed by atoms with van der Waals surface area (Å²) in [7, 11) is 0. The summed E-state index contributed by atoms with van der Waals surface area (Å²) in [5, 5.41) is 10.8. The highest BCUT2D eigenvalue weighted by Crippen LogP contribution is 2.49.